The Labute approximate surface area is 119 Å². The maximum Gasteiger partial charge on any atom is 0.136 e. The van der Waals surface area contributed by atoms with Crippen molar-refractivity contribution in [1.82, 2.24) is 10.2 Å². The van der Waals surface area contributed by atoms with Crippen molar-refractivity contribution in [3.05, 3.63) is 0 Å². The van der Waals surface area contributed by atoms with E-state index in [0.717, 1.165) is 38.6 Å². The molecule has 0 radical (unpaired) electrons. The molecule has 0 aromatic heterocycles. The highest BCUT2D eigenvalue weighted by Gasteiger charge is 2.15. The van der Waals surface area contributed by atoms with Crippen LogP contribution in [-0.4, -0.2) is 55.6 Å². The van der Waals surface area contributed by atoms with Crippen molar-refractivity contribution in [2.24, 2.45) is 0 Å². The predicted octanol–water partition coefficient (Wildman–Crippen LogP) is 2.06. The predicted molar refractivity (Wildman–Crippen MR) is 82.5 cm³/mol. The van der Waals surface area contributed by atoms with Gasteiger partial charge in [-0.3, -0.25) is 0 Å². The van der Waals surface area contributed by atoms with E-state index in [-0.39, 0.29) is 12.1 Å². The minimum absolute atomic E-state index is 0.0509. The summed E-state index contributed by atoms with van der Waals surface area (Å²) >= 11 is 0. The second kappa shape index (κ2) is 15.6. The lowest BCUT2D eigenvalue weighted by Crippen LogP contribution is -2.26. The van der Waals surface area contributed by atoms with Crippen LogP contribution in [0.1, 0.15) is 52.9 Å². The molecule has 0 aromatic carbocycles. The van der Waals surface area contributed by atoms with Crippen LogP contribution in [0.4, 0.5) is 0 Å². The molecule has 0 aliphatic carbocycles. The molecular formula is C15H34N2O2. The number of β-amino-alcohol motifs (C(OH)–C–C–N with tert-alkyl or cyclic N) is 1. The zero-order chi connectivity index (χ0) is 15.1. The number of hydrogen-bond acceptors (Lipinski definition) is 4. The van der Waals surface area contributed by atoms with E-state index < -0.39 is 0 Å². The third kappa shape index (κ3) is 13.8. The van der Waals surface area contributed by atoms with Crippen molar-refractivity contribution >= 4 is 6.29 Å². The number of carbonyl (C=O) groups is 1. The van der Waals surface area contributed by atoms with Gasteiger partial charge in [0.1, 0.15) is 6.29 Å². The summed E-state index contributed by atoms with van der Waals surface area (Å²) in [6.07, 6.45) is 6.47. The Morgan fingerprint density at radius 1 is 1.42 bits per heavy atom. The average molecular weight is 274 g/mol. The Balaban J connectivity index is 0. The topological polar surface area (TPSA) is 52.6 Å². The highest BCUT2D eigenvalue weighted by molar-refractivity contribution is 5.57. The fraction of sp³-hybridized carbons (Fsp3) is 0.933. The molecule has 2 N–H and O–H groups in total. The van der Waals surface area contributed by atoms with E-state index in [1.54, 1.807) is 0 Å². The van der Waals surface area contributed by atoms with Crippen molar-refractivity contribution in [1.29, 1.82) is 0 Å². The molecule has 19 heavy (non-hydrogen) atoms. The number of nitrogens with zero attached hydrogens (tertiary/aromatic N) is 1. The first-order valence-electron chi connectivity index (χ1n) is 7.63. The number of hydrogen-bond donors (Lipinski definition) is 2. The summed E-state index contributed by atoms with van der Waals surface area (Å²) in [7, 11) is 3.85. The quantitative estimate of drug-likeness (QED) is 0.575. The van der Waals surface area contributed by atoms with Gasteiger partial charge in [-0.2, -0.15) is 0 Å². The summed E-state index contributed by atoms with van der Waals surface area (Å²) in [6, 6.07) is 0.0755. The van der Waals surface area contributed by atoms with Crippen LogP contribution >= 0.6 is 0 Å². The first kappa shape index (κ1) is 20.9. The van der Waals surface area contributed by atoms with Crippen LogP contribution in [0, 0.1) is 0 Å². The standard InChI is InChI=1S/C8H17NO.C5H11NO.C2H6/c1-3-4-5-6-8(7-10)9-2;1-6-3-2-5(7)4-6;1-2/h7-9H,3-6H2,1-2H3;5,7H,2-4H2,1H3;1-2H3. The van der Waals surface area contributed by atoms with E-state index in [2.05, 4.69) is 17.1 Å². The molecule has 0 saturated carbocycles. The first-order valence-corrected chi connectivity index (χ1v) is 7.63. The third-order valence-electron chi connectivity index (χ3n) is 3.02. The molecule has 4 nitrogen and oxygen atoms in total. The molecule has 1 aliphatic heterocycles. The van der Waals surface area contributed by atoms with E-state index in [0.29, 0.717) is 0 Å². The molecule has 1 heterocycles. The highest BCUT2D eigenvalue weighted by Crippen LogP contribution is 2.04. The minimum Gasteiger partial charge on any atom is -0.392 e. The Bertz CT molecular complexity index is 181. The SMILES string of the molecule is CC.CCCCCC(C=O)NC.CN1CCC(O)C1. The van der Waals surface area contributed by atoms with Crippen LogP contribution in [0.25, 0.3) is 0 Å². The van der Waals surface area contributed by atoms with Gasteiger partial charge in [-0.25, -0.2) is 0 Å². The maximum absolute atomic E-state index is 10.3. The fourth-order valence-electron chi connectivity index (χ4n) is 1.81. The third-order valence-corrected chi connectivity index (χ3v) is 3.02. The Morgan fingerprint density at radius 3 is 2.32 bits per heavy atom. The summed E-state index contributed by atoms with van der Waals surface area (Å²) in [5.74, 6) is 0. The van der Waals surface area contributed by atoms with E-state index in [1.807, 2.05) is 27.9 Å². The molecule has 0 amide bonds. The van der Waals surface area contributed by atoms with Crippen LogP contribution in [0.15, 0.2) is 0 Å². The summed E-state index contributed by atoms with van der Waals surface area (Å²) in [4.78, 5) is 12.4. The van der Waals surface area contributed by atoms with Gasteiger partial charge in [0.15, 0.2) is 0 Å². The Hall–Kier alpha value is -0.450. The molecule has 1 rings (SSSR count). The number of carbonyl (C=O) groups excluding carboxylic acids is 1. The van der Waals surface area contributed by atoms with Crippen molar-refractivity contribution in [3.8, 4) is 0 Å². The van der Waals surface area contributed by atoms with Gasteiger partial charge >= 0.3 is 0 Å². The van der Waals surface area contributed by atoms with Crippen molar-refractivity contribution < 1.29 is 9.90 Å². The summed E-state index contributed by atoms with van der Waals surface area (Å²) < 4.78 is 0. The summed E-state index contributed by atoms with van der Waals surface area (Å²) in [6.45, 7) is 8.08. The van der Waals surface area contributed by atoms with Crippen LogP contribution in [0.3, 0.4) is 0 Å². The number of likely N-dealkylation sites (N-methyl/N-ethyl adjacent to an activating group) is 2. The minimum atomic E-state index is -0.0509. The first-order chi connectivity index (χ1) is 9.13. The number of aldehydes is 1. The average Bonchev–Trinajstić information content (AvgIpc) is 2.82. The summed E-state index contributed by atoms with van der Waals surface area (Å²) in [5, 5.41) is 11.8. The van der Waals surface area contributed by atoms with Gasteiger partial charge in [0.2, 0.25) is 0 Å². The van der Waals surface area contributed by atoms with Gasteiger partial charge in [0, 0.05) is 13.1 Å². The fourth-order valence-corrected chi connectivity index (χ4v) is 1.81. The van der Waals surface area contributed by atoms with Crippen LogP contribution in [-0.2, 0) is 4.79 Å². The number of unbranched alkanes of at least 4 members (excludes halogenated alkanes) is 2. The van der Waals surface area contributed by atoms with E-state index in [1.165, 1.54) is 12.8 Å². The molecule has 116 valence electrons. The molecule has 0 aromatic rings. The second-order valence-electron chi connectivity index (χ2n) is 4.73. The zero-order valence-electron chi connectivity index (χ0n) is 13.5. The molecule has 1 aliphatic rings. The Kier molecular flexibility index (Phi) is 17.1. The van der Waals surface area contributed by atoms with E-state index in [9.17, 15) is 4.79 Å². The monoisotopic (exact) mass is 274 g/mol. The lowest BCUT2D eigenvalue weighted by atomic mass is 10.1. The van der Waals surface area contributed by atoms with Crippen LogP contribution in [0.5, 0.6) is 0 Å². The van der Waals surface area contributed by atoms with Gasteiger partial charge in [-0.1, -0.05) is 40.0 Å². The highest BCUT2D eigenvalue weighted by atomic mass is 16.3. The van der Waals surface area contributed by atoms with Gasteiger partial charge in [0.05, 0.1) is 12.1 Å². The molecule has 2 atom stereocenters. The van der Waals surface area contributed by atoms with Crippen molar-refractivity contribution in [2.45, 2.75) is 65.0 Å². The molecule has 1 saturated heterocycles. The second-order valence-corrected chi connectivity index (χ2v) is 4.73. The number of rotatable bonds is 6. The van der Waals surface area contributed by atoms with E-state index in [4.69, 9.17) is 5.11 Å². The van der Waals surface area contributed by atoms with E-state index >= 15 is 0 Å². The smallest absolute Gasteiger partial charge is 0.136 e. The van der Waals surface area contributed by atoms with Crippen LogP contribution < -0.4 is 5.32 Å². The lowest BCUT2D eigenvalue weighted by molar-refractivity contribution is -0.109. The van der Waals surface area contributed by atoms with Crippen molar-refractivity contribution in [2.75, 3.05) is 27.2 Å². The van der Waals surface area contributed by atoms with Crippen LogP contribution in [0.2, 0.25) is 0 Å². The number of nitrogens with one attached hydrogen (secondary N) is 1. The lowest BCUT2D eigenvalue weighted by Gasteiger charge is -2.06. The van der Waals surface area contributed by atoms with Gasteiger partial charge < -0.3 is 20.1 Å². The normalized spacial score (nSPS) is 19.8. The van der Waals surface area contributed by atoms with Crippen molar-refractivity contribution in [3.63, 3.8) is 0 Å². The molecule has 1 fully saturated rings. The summed E-state index contributed by atoms with van der Waals surface area (Å²) in [5.41, 5.74) is 0. The zero-order valence-corrected chi connectivity index (χ0v) is 13.5. The number of aliphatic hydroxyl groups excluding tert-OH is 1. The maximum atomic E-state index is 10.3. The molecule has 0 spiro atoms. The molecular weight excluding hydrogens is 240 g/mol. The Morgan fingerprint density at radius 2 is 2.05 bits per heavy atom. The van der Waals surface area contributed by atoms with Gasteiger partial charge in [0.25, 0.3) is 0 Å². The van der Waals surface area contributed by atoms with Gasteiger partial charge in [-0.15, -0.1) is 0 Å². The molecule has 4 heteroatoms. The molecule has 2 unspecified atom stereocenters. The largest absolute Gasteiger partial charge is 0.392 e. The van der Waals surface area contributed by atoms with Gasteiger partial charge in [-0.05, 0) is 26.9 Å². The number of likely N-dealkylation sites (tertiary alicyclic amines) is 1. The number of aliphatic hydroxyl groups is 1. The molecule has 0 bridgehead atoms.